The summed E-state index contributed by atoms with van der Waals surface area (Å²) in [6.45, 7) is 5.92. The van der Waals surface area contributed by atoms with Crippen molar-refractivity contribution in [2.45, 2.75) is 13.3 Å². The number of aryl methyl sites for hydroxylation is 1. The monoisotopic (exact) mass is 226 g/mol. The van der Waals surface area contributed by atoms with Crippen LogP contribution in [0.2, 0.25) is 5.15 Å². The molecule has 0 radical (unpaired) electrons. The average Bonchev–Trinajstić information content (AvgIpc) is 2.43. The van der Waals surface area contributed by atoms with Crippen LogP contribution < -0.4 is 10.2 Å². The predicted octanol–water partition coefficient (Wildman–Crippen LogP) is 1.24. The second-order valence-electron chi connectivity index (χ2n) is 3.72. The van der Waals surface area contributed by atoms with Crippen LogP contribution in [0, 0.1) is 6.92 Å². The average molecular weight is 227 g/mol. The maximum atomic E-state index is 5.92. The molecule has 1 aliphatic rings. The Labute approximate surface area is 94.7 Å². The van der Waals surface area contributed by atoms with Gasteiger partial charge in [-0.3, -0.25) is 0 Å². The summed E-state index contributed by atoms with van der Waals surface area (Å²) in [7, 11) is 0. The zero-order valence-corrected chi connectivity index (χ0v) is 9.59. The lowest BCUT2D eigenvalue weighted by atomic mass is 10.4. The molecule has 4 nitrogen and oxygen atoms in total. The van der Waals surface area contributed by atoms with Crippen molar-refractivity contribution in [2.75, 3.05) is 31.1 Å². The van der Waals surface area contributed by atoms with E-state index in [0.29, 0.717) is 5.15 Å². The van der Waals surface area contributed by atoms with Crippen LogP contribution in [0.15, 0.2) is 6.07 Å². The van der Waals surface area contributed by atoms with Gasteiger partial charge in [0, 0.05) is 25.3 Å². The van der Waals surface area contributed by atoms with Crippen LogP contribution in [0.3, 0.4) is 0 Å². The quantitative estimate of drug-likeness (QED) is 0.732. The molecule has 1 N–H and O–H groups in total. The predicted molar refractivity (Wildman–Crippen MR) is 61.5 cm³/mol. The molecule has 1 aliphatic heterocycles. The molecule has 1 fully saturated rings. The summed E-state index contributed by atoms with van der Waals surface area (Å²) in [5, 5.41) is 3.87. The van der Waals surface area contributed by atoms with E-state index in [1.165, 1.54) is 0 Å². The lowest BCUT2D eigenvalue weighted by Crippen LogP contribution is -2.29. The first kappa shape index (κ1) is 10.6. The Balaban J connectivity index is 2.19. The number of nitrogens with one attached hydrogen (secondary N) is 1. The van der Waals surface area contributed by atoms with Crippen LogP contribution >= 0.6 is 11.6 Å². The molecule has 0 spiro atoms. The molecule has 0 unspecified atom stereocenters. The molecule has 82 valence electrons. The van der Waals surface area contributed by atoms with E-state index in [-0.39, 0.29) is 0 Å². The van der Waals surface area contributed by atoms with Gasteiger partial charge < -0.3 is 10.2 Å². The van der Waals surface area contributed by atoms with Gasteiger partial charge >= 0.3 is 0 Å². The highest BCUT2D eigenvalue weighted by molar-refractivity contribution is 6.29. The fourth-order valence-electron chi connectivity index (χ4n) is 1.70. The normalized spacial score (nSPS) is 17.6. The highest BCUT2D eigenvalue weighted by Crippen LogP contribution is 2.14. The Morgan fingerprint density at radius 2 is 2.20 bits per heavy atom. The molecule has 2 heterocycles. The molecule has 1 aromatic heterocycles. The Bertz CT molecular complexity index is 314. The number of rotatable bonds is 1. The van der Waals surface area contributed by atoms with E-state index < -0.39 is 0 Å². The highest BCUT2D eigenvalue weighted by Gasteiger charge is 2.12. The summed E-state index contributed by atoms with van der Waals surface area (Å²) in [5.74, 6) is 0.753. The molecule has 1 aromatic rings. The molecular weight excluding hydrogens is 212 g/mol. The molecule has 0 bridgehead atoms. The van der Waals surface area contributed by atoms with Crippen LogP contribution in [0.5, 0.6) is 0 Å². The van der Waals surface area contributed by atoms with Crippen molar-refractivity contribution in [2.24, 2.45) is 0 Å². The first-order valence-electron chi connectivity index (χ1n) is 5.22. The van der Waals surface area contributed by atoms with Crippen LogP contribution in [0.4, 0.5) is 5.95 Å². The molecule has 0 aliphatic carbocycles. The van der Waals surface area contributed by atoms with Crippen molar-refractivity contribution >= 4 is 17.5 Å². The van der Waals surface area contributed by atoms with Gasteiger partial charge in [0.25, 0.3) is 0 Å². The van der Waals surface area contributed by atoms with E-state index in [1.807, 2.05) is 6.92 Å². The van der Waals surface area contributed by atoms with Crippen molar-refractivity contribution in [3.05, 3.63) is 16.9 Å². The minimum Gasteiger partial charge on any atom is -0.339 e. The zero-order valence-electron chi connectivity index (χ0n) is 8.83. The van der Waals surface area contributed by atoms with Gasteiger partial charge in [0.2, 0.25) is 5.95 Å². The van der Waals surface area contributed by atoms with Gasteiger partial charge in [-0.25, -0.2) is 9.97 Å². The topological polar surface area (TPSA) is 41.1 Å². The van der Waals surface area contributed by atoms with Gasteiger partial charge in [0.15, 0.2) is 0 Å². The molecule has 0 saturated carbocycles. The summed E-state index contributed by atoms with van der Waals surface area (Å²) in [4.78, 5) is 10.8. The lowest BCUT2D eigenvalue weighted by Gasteiger charge is -2.19. The van der Waals surface area contributed by atoms with Gasteiger partial charge in [-0.05, 0) is 26.0 Å². The van der Waals surface area contributed by atoms with Crippen molar-refractivity contribution in [1.82, 2.24) is 15.3 Å². The first-order chi connectivity index (χ1) is 7.25. The Hall–Kier alpha value is -0.870. The van der Waals surface area contributed by atoms with Crippen molar-refractivity contribution in [3.63, 3.8) is 0 Å². The molecular formula is C10H15ClN4. The van der Waals surface area contributed by atoms with Gasteiger partial charge in [-0.2, -0.15) is 0 Å². The Kier molecular flexibility index (Phi) is 3.38. The fourth-order valence-corrected chi connectivity index (χ4v) is 1.94. The Morgan fingerprint density at radius 3 is 3.00 bits per heavy atom. The molecule has 0 aromatic carbocycles. The minimum absolute atomic E-state index is 0.523. The third-order valence-electron chi connectivity index (χ3n) is 2.43. The second-order valence-corrected chi connectivity index (χ2v) is 4.11. The summed E-state index contributed by atoms with van der Waals surface area (Å²) >= 11 is 5.92. The smallest absolute Gasteiger partial charge is 0.227 e. The lowest BCUT2D eigenvalue weighted by molar-refractivity contribution is 0.724. The molecule has 0 amide bonds. The summed E-state index contributed by atoms with van der Waals surface area (Å²) in [6.07, 6.45) is 1.12. The number of anilines is 1. The van der Waals surface area contributed by atoms with Gasteiger partial charge in [0.1, 0.15) is 5.15 Å². The van der Waals surface area contributed by atoms with Crippen LogP contribution in [-0.2, 0) is 0 Å². The molecule has 0 atom stereocenters. The van der Waals surface area contributed by atoms with E-state index in [4.69, 9.17) is 11.6 Å². The number of halogens is 1. The van der Waals surface area contributed by atoms with E-state index in [2.05, 4.69) is 20.2 Å². The molecule has 5 heteroatoms. The third-order valence-corrected chi connectivity index (χ3v) is 2.63. The van der Waals surface area contributed by atoms with E-state index in [9.17, 15) is 0 Å². The van der Waals surface area contributed by atoms with E-state index >= 15 is 0 Å². The molecule has 2 rings (SSSR count). The van der Waals surface area contributed by atoms with Crippen LogP contribution in [0.25, 0.3) is 0 Å². The number of aromatic nitrogens is 2. The standard InChI is InChI=1S/C10H15ClN4/c1-8-7-9(11)14-10(13-8)15-5-2-3-12-4-6-15/h7,12H,2-6H2,1H3. The van der Waals surface area contributed by atoms with Gasteiger partial charge in [-0.15, -0.1) is 0 Å². The van der Waals surface area contributed by atoms with Crippen molar-refractivity contribution < 1.29 is 0 Å². The summed E-state index contributed by atoms with van der Waals surface area (Å²) in [5.41, 5.74) is 0.919. The maximum absolute atomic E-state index is 5.92. The molecule has 15 heavy (non-hydrogen) atoms. The first-order valence-corrected chi connectivity index (χ1v) is 5.60. The number of nitrogens with zero attached hydrogens (tertiary/aromatic N) is 3. The third kappa shape index (κ3) is 2.79. The SMILES string of the molecule is Cc1cc(Cl)nc(N2CCCNCC2)n1. The fraction of sp³-hybridized carbons (Fsp3) is 0.600. The van der Waals surface area contributed by atoms with Crippen molar-refractivity contribution in [3.8, 4) is 0 Å². The second kappa shape index (κ2) is 4.77. The zero-order chi connectivity index (χ0) is 10.7. The van der Waals surface area contributed by atoms with E-state index in [0.717, 1.165) is 44.2 Å². The summed E-state index contributed by atoms with van der Waals surface area (Å²) < 4.78 is 0. The number of hydrogen-bond acceptors (Lipinski definition) is 4. The highest BCUT2D eigenvalue weighted by atomic mass is 35.5. The largest absolute Gasteiger partial charge is 0.339 e. The minimum atomic E-state index is 0.523. The van der Waals surface area contributed by atoms with Gasteiger partial charge in [-0.1, -0.05) is 11.6 Å². The maximum Gasteiger partial charge on any atom is 0.227 e. The van der Waals surface area contributed by atoms with Crippen LogP contribution in [-0.4, -0.2) is 36.1 Å². The van der Waals surface area contributed by atoms with Gasteiger partial charge in [0.05, 0.1) is 0 Å². The number of hydrogen-bond donors (Lipinski definition) is 1. The van der Waals surface area contributed by atoms with Crippen molar-refractivity contribution in [1.29, 1.82) is 0 Å². The Morgan fingerprint density at radius 1 is 1.33 bits per heavy atom. The van der Waals surface area contributed by atoms with E-state index in [1.54, 1.807) is 6.07 Å². The molecule has 1 saturated heterocycles. The summed E-state index contributed by atoms with van der Waals surface area (Å²) in [6, 6.07) is 1.78. The van der Waals surface area contributed by atoms with Crippen LogP contribution in [0.1, 0.15) is 12.1 Å².